The first kappa shape index (κ1) is 13.1. The van der Waals surface area contributed by atoms with Gasteiger partial charge in [0.15, 0.2) is 0 Å². The zero-order valence-corrected chi connectivity index (χ0v) is 11.0. The number of benzene rings is 1. The lowest BCUT2D eigenvalue weighted by atomic mass is 10.0. The lowest BCUT2D eigenvalue weighted by Crippen LogP contribution is -2.36. The Morgan fingerprint density at radius 3 is 2.83 bits per heavy atom. The topological polar surface area (TPSA) is 59.6 Å². The maximum Gasteiger partial charge on any atom is 0.324 e. The second-order valence-corrected chi connectivity index (χ2v) is 4.48. The maximum atomic E-state index is 11.4. The molecule has 1 saturated heterocycles. The molecule has 2 unspecified atom stereocenters. The van der Waals surface area contributed by atoms with E-state index in [1.165, 1.54) is 7.11 Å². The molecule has 0 aromatic heterocycles. The molecule has 0 saturated carbocycles. The van der Waals surface area contributed by atoms with Crippen LogP contribution in [0.5, 0.6) is 5.75 Å². The molecule has 1 aliphatic heterocycles. The number of nitrogens with one attached hydrogen (secondary N) is 2. The van der Waals surface area contributed by atoms with Gasteiger partial charge in [-0.2, -0.15) is 0 Å². The number of esters is 1. The average Bonchev–Trinajstić information content (AvgIpc) is 2.87. The number of methoxy groups -OCH3 is 2. The summed E-state index contributed by atoms with van der Waals surface area (Å²) in [6, 6.07) is 5.01. The van der Waals surface area contributed by atoms with E-state index in [4.69, 9.17) is 21.1 Å². The van der Waals surface area contributed by atoms with Crippen molar-refractivity contribution in [2.45, 2.75) is 18.5 Å². The van der Waals surface area contributed by atoms with E-state index >= 15 is 0 Å². The number of carbonyl (C=O) groups is 1. The Morgan fingerprint density at radius 1 is 1.39 bits per heavy atom. The van der Waals surface area contributed by atoms with Crippen LogP contribution in [0.15, 0.2) is 18.2 Å². The Balaban J connectivity index is 2.18. The molecular weight excluding hydrogens is 256 g/mol. The van der Waals surface area contributed by atoms with Crippen LogP contribution in [0, 0.1) is 0 Å². The highest BCUT2D eigenvalue weighted by Crippen LogP contribution is 2.32. The number of hydrogen-bond acceptors (Lipinski definition) is 5. The van der Waals surface area contributed by atoms with Crippen LogP contribution in [0.3, 0.4) is 0 Å². The van der Waals surface area contributed by atoms with Crippen molar-refractivity contribution in [2.75, 3.05) is 14.2 Å². The summed E-state index contributed by atoms with van der Waals surface area (Å²) in [6.07, 6.45) is 0.587. The van der Waals surface area contributed by atoms with Crippen molar-refractivity contribution in [3.63, 3.8) is 0 Å². The quantitative estimate of drug-likeness (QED) is 0.814. The Morgan fingerprint density at radius 2 is 2.17 bits per heavy atom. The summed E-state index contributed by atoms with van der Waals surface area (Å²) < 4.78 is 9.99. The summed E-state index contributed by atoms with van der Waals surface area (Å²) in [4.78, 5) is 11.4. The molecule has 1 aromatic carbocycles. The van der Waals surface area contributed by atoms with Crippen LogP contribution in [0.4, 0.5) is 0 Å². The largest absolute Gasteiger partial charge is 0.496 e. The summed E-state index contributed by atoms with van der Waals surface area (Å²) in [5.41, 5.74) is 6.87. The minimum atomic E-state index is -0.358. The van der Waals surface area contributed by atoms with Gasteiger partial charge in [-0.1, -0.05) is 11.6 Å². The standard InChI is InChI=1S/C12H15ClN2O3/c1-17-11-4-3-7(13)5-8(11)9-6-10(15-14-9)12(16)18-2/h3-5,9-10,14-15H,6H2,1-2H3. The van der Waals surface area contributed by atoms with Crippen molar-refractivity contribution in [2.24, 2.45) is 0 Å². The molecule has 6 heteroatoms. The van der Waals surface area contributed by atoms with Crippen LogP contribution in [-0.4, -0.2) is 26.2 Å². The van der Waals surface area contributed by atoms with Gasteiger partial charge in [0.1, 0.15) is 11.8 Å². The lowest BCUT2D eigenvalue weighted by Gasteiger charge is -2.14. The number of rotatable bonds is 3. The van der Waals surface area contributed by atoms with E-state index < -0.39 is 0 Å². The fourth-order valence-corrected chi connectivity index (χ4v) is 2.21. The van der Waals surface area contributed by atoms with Gasteiger partial charge in [0.2, 0.25) is 0 Å². The third-order valence-electron chi connectivity index (χ3n) is 2.96. The first-order valence-corrected chi connectivity index (χ1v) is 5.96. The SMILES string of the molecule is COC(=O)C1CC(c2cc(Cl)ccc2OC)NN1. The molecule has 2 rings (SSSR count). The second kappa shape index (κ2) is 5.56. The molecule has 0 spiro atoms. The zero-order chi connectivity index (χ0) is 13.1. The molecule has 98 valence electrons. The fraction of sp³-hybridized carbons (Fsp3) is 0.417. The number of carbonyl (C=O) groups excluding carboxylic acids is 1. The summed E-state index contributed by atoms with van der Waals surface area (Å²) in [5, 5.41) is 0.633. The molecular formula is C12H15ClN2O3. The van der Waals surface area contributed by atoms with E-state index in [2.05, 4.69) is 10.9 Å². The summed E-state index contributed by atoms with van der Waals surface area (Å²) in [7, 11) is 2.98. The maximum absolute atomic E-state index is 11.4. The molecule has 5 nitrogen and oxygen atoms in total. The van der Waals surface area contributed by atoms with E-state index in [0.717, 1.165) is 11.3 Å². The first-order valence-electron chi connectivity index (χ1n) is 5.58. The van der Waals surface area contributed by atoms with E-state index in [1.54, 1.807) is 13.2 Å². The predicted molar refractivity (Wildman–Crippen MR) is 67.4 cm³/mol. The van der Waals surface area contributed by atoms with Gasteiger partial charge in [-0.25, -0.2) is 10.9 Å². The van der Waals surface area contributed by atoms with E-state index in [1.807, 2.05) is 12.1 Å². The van der Waals surface area contributed by atoms with Crippen molar-refractivity contribution < 1.29 is 14.3 Å². The Kier molecular flexibility index (Phi) is 4.06. The molecule has 0 bridgehead atoms. The van der Waals surface area contributed by atoms with Gasteiger partial charge in [0.05, 0.1) is 20.3 Å². The third-order valence-corrected chi connectivity index (χ3v) is 3.19. The van der Waals surface area contributed by atoms with Gasteiger partial charge in [-0.05, 0) is 24.6 Å². The summed E-state index contributed by atoms with van der Waals surface area (Å²) in [6.45, 7) is 0. The van der Waals surface area contributed by atoms with Crippen LogP contribution < -0.4 is 15.6 Å². The van der Waals surface area contributed by atoms with Crippen molar-refractivity contribution in [3.05, 3.63) is 28.8 Å². The second-order valence-electron chi connectivity index (χ2n) is 4.04. The number of hydrogen-bond donors (Lipinski definition) is 2. The lowest BCUT2D eigenvalue weighted by molar-refractivity contribution is -0.142. The van der Waals surface area contributed by atoms with Crippen LogP contribution >= 0.6 is 11.6 Å². The summed E-state index contributed by atoms with van der Waals surface area (Å²) >= 11 is 5.98. The molecule has 1 aromatic rings. The molecule has 2 N–H and O–H groups in total. The number of hydrazine groups is 1. The Hall–Kier alpha value is -1.30. The monoisotopic (exact) mass is 270 g/mol. The highest BCUT2D eigenvalue weighted by atomic mass is 35.5. The molecule has 2 atom stereocenters. The zero-order valence-electron chi connectivity index (χ0n) is 10.2. The van der Waals surface area contributed by atoms with Crippen molar-refractivity contribution >= 4 is 17.6 Å². The predicted octanol–water partition coefficient (Wildman–Crippen LogP) is 1.43. The van der Waals surface area contributed by atoms with Crippen molar-refractivity contribution in [1.82, 2.24) is 10.9 Å². The minimum absolute atomic E-state index is 0.0391. The van der Waals surface area contributed by atoms with E-state index in [-0.39, 0.29) is 18.1 Å². The van der Waals surface area contributed by atoms with Gasteiger partial charge in [-0.15, -0.1) is 0 Å². The average molecular weight is 271 g/mol. The molecule has 0 amide bonds. The fourth-order valence-electron chi connectivity index (χ4n) is 2.03. The van der Waals surface area contributed by atoms with Crippen LogP contribution in [0.25, 0.3) is 0 Å². The molecule has 0 radical (unpaired) electrons. The highest BCUT2D eigenvalue weighted by molar-refractivity contribution is 6.30. The number of ether oxygens (including phenoxy) is 2. The van der Waals surface area contributed by atoms with Gasteiger partial charge < -0.3 is 9.47 Å². The Labute approximate surface area is 110 Å². The third kappa shape index (κ3) is 2.58. The Bertz CT molecular complexity index is 453. The van der Waals surface area contributed by atoms with E-state index in [0.29, 0.717) is 11.4 Å². The van der Waals surface area contributed by atoms with Gasteiger partial charge in [-0.3, -0.25) is 4.79 Å². The van der Waals surface area contributed by atoms with Crippen LogP contribution in [0.2, 0.25) is 5.02 Å². The van der Waals surface area contributed by atoms with Gasteiger partial charge >= 0.3 is 5.97 Å². The van der Waals surface area contributed by atoms with Crippen molar-refractivity contribution in [3.8, 4) is 5.75 Å². The van der Waals surface area contributed by atoms with Crippen molar-refractivity contribution in [1.29, 1.82) is 0 Å². The molecule has 1 aliphatic rings. The first-order chi connectivity index (χ1) is 8.65. The number of halogens is 1. The smallest absolute Gasteiger partial charge is 0.324 e. The molecule has 18 heavy (non-hydrogen) atoms. The highest BCUT2D eigenvalue weighted by Gasteiger charge is 2.32. The van der Waals surface area contributed by atoms with Crippen LogP contribution in [0.1, 0.15) is 18.0 Å². The molecule has 1 heterocycles. The normalized spacial score (nSPS) is 22.8. The van der Waals surface area contributed by atoms with Gasteiger partial charge in [0, 0.05) is 10.6 Å². The van der Waals surface area contributed by atoms with Gasteiger partial charge in [0.25, 0.3) is 0 Å². The van der Waals surface area contributed by atoms with Crippen LogP contribution in [-0.2, 0) is 9.53 Å². The summed E-state index contributed by atoms with van der Waals surface area (Å²) in [5.74, 6) is 0.454. The molecule has 1 fully saturated rings. The van der Waals surface area contributed by atoms with E-state index in [9.17, 15) is 4.79 Å². The minimum Gasteiger partial charge on any atom is -0.496 e. The molecule has 0 aliphatic carbocycles.